The number of hydrogen-bond donors (Lipinski definition) is 0. The predicted molar refractivity (Wildman–Crippen MR) is 411 cm³/mol. The second-order valence-electron chi connectivity index (χ2n) is 27.9. The highest BCUT2D eigenvalue weighted by molar-refractivity contribution is 5.46. The first-order valence-corrected chi connectivity index (χ1v) is 34.7. The second-order valence-corrected chi connectivity index (χ2v) is 27.9. The standard InChI is InChI=1S/C29H28O2.C21H28.C15H16.C10H22.C9H12.C8H10/c1-21-8-14-25(15-9-21)30-27-18-12-23(13-19-27)29(3,4)24-6-5-7-28(20-24)31-26-16-10-22(2)11-17-26;1-7-20-12-18(9-14(3)16(20)5)11-19-10-15(4)17(6)21(8-2)13-19;1-12-3-7-14(8-4-12)11-15-9-5-13(2)6-10-15;1-6-9(3)8-10(4,5)7-2;1-7-4-5-8(2)9(3)6-7;1-7-4-3-5-8(2)6-7/h5-20H,1-4H3;9-10,12-13H,7-8,11H2,1-6H3;3-10H,11H2,1-2H3;9H,6-8H2,1-5H3;4-6H,1-3H3;3-6H,1-2H3. The molecule has 0 radical (unpaired) electrons. The van der Waals surface area contributed by atoms with Crippen molar-refractivity contribution in [2.24, 2.45) is 11.3 Å². The molecule has 0 aromatic heterocycles. The van der Waals surface area contributed by atoms with Gasteiger partial charge in [0.15, 0.2) is 0 Å². The molecule has 0 fully saturated rings. The van der Waals surface area contributed by atoms with E-state index in [9.17, 15) is 0 Å². The molecule has 2 nitrogen and oxygen atoms in total. The lowest BCUT2D eigenvalue weighted by Crippen LogP contribution is -2.18. The first kappa shape index (κ1) is 76.5. The van der Waals surface area contributed by atoms with Gasteiger partial charge in [-0.3, -0.25) is 0 Å². The number of ether oxygens (including phenoxy) is 2. The molecule has 10 rings (SSSR count). The lowest BCUT2D eigenvalue weighted by molar-refractivity contribution is 0.263. The van der Waals surface area contributed by atoms with Crippen molar-refractivity contribution in [3.8, 4) is 23.0 Å². The van der Waals surface area contributed by atoms with E-state index in [2.05, 4.69) is 322 Å². The van der Waals surface area contributed by atoms with E-state index in [-0.39, 0.29) is 5.41 Å². The van der Waals surface area contributed by atoms with Crippen LogP contribution in [0.3, 0.4) is 0 Å². The van der Waals surface area contributed by atoms with Gasteiger partial charge in [-0.05, 0) is 260 Å². The minimum Gasteiger partial charge on any atom is -0.457 e. The third kappa shape index (κ3) is 25.9. The molecule has 94 heavy (non-hydrogen) atoms. The Morgan fingerprint density at radius 2 is 0.702 bits per heavy atom. The molecule has 0 aliphatic carbocycles. The van der Waals surface area contributed by atoms with Crippen LogP contribution in [-0.2, 0) is 31.1 Å². The van der Waals surface area contributed by atoms with E-state index < -0.39 is 0 Å². The molecular weight excluding hydrogens is 1140 g/mol. The molecule has 10 aromatic carbocycles. The van der Waals surface area contributed by atoms with Gasteiger partial charge in [0.05, 0.1) is 0 Å². The summed E-state index contributed by atoms with van der Waals surface area (Å²) in [6.07, 6.45) is 8.31. The summed E-state index contributed by atoms with van der Waals surface area (Å²) in [4.78, 5) is 0. The summed E-state index contributed by atoms with van der Waals surface area (Å²) in [5, 5.41) is 0. The van der Waals surface area contributed by atoms with Crippen LogP contribution in [0.25, 0.3) is 0 Å². The molecule has 496 valence electrons. The fraction of sp³-hybridized carbons (Fsp3) is 0.348. The summed E-state index contributed by atoms with van der Waals surface area (Å²) < 4.78 is 12.1. The second kappa shape index (κ2) is 37.6. The molecule has 1 atom stereocenters. The summed E-state index contributed by atoms with van der Waals surface area (Å²) in [5.41, 5.74) is 29.1. The van der Waals surface area contributed by atoms with Gasteiger partial charge < -0.3 is 9.47 Å². The van der Waals surface area contributed by atoms with Crippen LogP contribution < -0.4 is 9.47 Å². The van der Waals surface area contributed by atoms with Gasteiger partial charge in [0.25, 0.3) is 0 Å². The summed E-state index contributed by atoms with van der Waals surface area (Å²) in [5.74, 6) is 4.26. The highest BCUT2D eigenvalue weighted by atomic mass is 16.5. The van der Waals surface area contributed by atoms with E-state index >= 15 is 0 Å². The number of rotatable bonds is 16. The number of hydrogen-bond acceptors (Lipinski definition) is 2. The predicted octanol–water partition coefficient (Wildman–Crippen LogP) is 26.5. The molecule has 0 aliphatic rings. The highest BCUT2D eigenvalue weighted by Gasteiger charge is 2.24. The smallest absolute Gasteiger partial charge is 0.127 e. The van der Waals surface area contributed by atoms with Crippen molar-refractivity contribution in [2.45, 2.75) is 203 Å². The van der Waals surface area contributed by atoms with Gasteiger partial charge in [-0.15, -0.1) is 0 Å². The van der Waals surface area contributed by atoms with Crippen molar-refractivity contribution in [2.75, 3.05) is 0 Å². The van der Waals surface area contributed by atoms with Crippen LogP contribution in [0.1, 0.15) is 198 Å². The molecule has 0 N–H and O–H groups in total. The molecule has 2 heteroatoms. The Kier molecular flexibility index (Phi) is 30.6. The molecule has 0 saturated carbocycles. The molecule has 0 aliphatic heterocycles. The molecule has 10 aromatic rings. The average molecular weight is 1250 g/mol. The van der Waals surface area contributed by atoms with Gasteiger partial charge in [-0.2, -0.15) is 0 Å². The molecule has 0 saturated heterocycles. The zero-order valence-electron chi connectivity index (χ0n) is 62.1. The summed E-state index contributed by atoms with van der Waals surface area (Å²) >= 11 is 0. The van der Waals surface area contributed by atoms with Crippen LogP contribution in [0.15, 0.2) is 212 Å². The topological polar surface area (TPSA) is 18.5 Å². The fourth-order valence-corrected chi connectivity index (χ4v) is 11.3. The van der Waals surface area contributed by atoms with Gasteiger partial charge >= 0.3 is 0 Å². The van der Waals surface area contributed by atoms with Gasteiger partial charge in [-0.25, -0.2) is 0 Å². The lowest BCUT2D eigenvalue weighted by atomic mass is 9.78. The number of benzene rings is 10. The van der Waals surface area contributed by atoms with Crippen molar-refractivity contribution in [1.82, 2.24) is 0 Å². The van der Waals surface area contributed by atoms with Gasteiger partial charge in [-0.1, -0.05) is 278 Å². The van der Waals surface area contributed by atoms with Crippen LogP contribution >= 0.6 is 0 Å². The summed E-state index contributed by atoms with van der Waals surface area (Å²) in [7, 11) is 0. The Balaban J connectivity index is 0.000000220. The van der Waals surface area contributed by atoms with Crippen LogP contribution in [0.2, 0.25) is 0 Å². The Morgan fingerprint density at radius 1 is 0.319 bits per heavy atom. The van der Waals surface area contributed by atoms with Crippen molar-refractivity contribution in [1.29, 1.82) is 0 Å². The summed E-state index contributed by atoms with van der Waals surface area (Å²) in [6.45, 7) is 48.5. The van der Waals surface area contributed by atoms with Crippen LogP contribution in [0, 0.1) is 101 Å². The minimum absolute atomic E-state index is 0.172. The Morgan fingerprint density at radius 3 is 1.09 bits per heavy atom. The largest absolute Gasteiger partial charge is 0.457 e. The fourth-order valence-electron chi connectivity index (χ4n) is 11.3. The number of aryl methyl sites for hydroxylation is 13. The van der Waals surface area contributed by atoms with Crippen LogP contribution in [0.5, 0.6) is 23.0 Å². The highest BCUT2D eigenvalue weighted by Crippen LogP contribution is 2.36. The maximum atomic E-state index is 6.08. The van der Waals surface area contributed by atoms with Crippen molar-refractivity contribution in [3.63, 3.8) is 0 Å². The van der Waals surface area contributed by atoms with Crippen molar-refractivity contribution in [3.05, 3.63) is 329 Å². The van der Waals surface area contributed by atoms with Crippen molar-refractivity contribution >= 4 is 0 Å². The van der Waals surface area contributed by atoms with E-state index in [1.54, 1.807) is 0 Å². The van der Waals surface area contributed by atoms with E-state index in [4.69, 9.17) is 9.47 Å². The quantitative estimate of drug-likeness (QED) is 0.0960. The SMILES string of the molecule is CCC(C)CC(C)(C)CC.CCc1cc(Cc2cc(C)c(C)c(CC)c2)cc(C)c1C.Cc1ccc(C)c(C)c1.Cc1ccc(Cc2ccc(C)cc2)cc1.Cc1ccc(Oc2ccc(C(C)(C)c3cccc(Oc4ccc(C)cc4)c3)cc2)cc1.Cc1cccc(C)c1. The van der Waals surface area contributed by atoms with Gasteiger partial charge in [0.1, 0.15) is 23.0 Å². The van der Waals surface area contributed by atoms with E-state index in [1.165, 1.54) is 136 Å². The summed E-state index contributed by atoms with van der Waals surface area (Å²) in [6, 6.07) is 74.8. The van der Waals surface area contributed by atoms with E-state index in [0.29, 0.717) is 5.41 Å². The molecule has 0 amide bonds. The van der Waals surface area contributed by atoms with Gasteiger partial charge in [0, 0.05) is 5.41 Å². The Labute approximate surface area is 572 Å². The molecule has 1 unspecified atom stereocenters. The van der Waals surface area contributed by atoms with Gasteiger partial charge in [0.2, 0.25) is 0 Å². The Hall–Kier alpha value is -8.20. The average Bonchev–Trinajstić information content (AvgIpc) is 0.871. The van der Waals surface area contributed by atoms with Crippen molar-refractivity contribution < 1.29 is 9.47 Å². The first-order chi connectivity index (χ1) is 44.6. The maximum Gasteiger partial charge on any atom is 0.127 e. The lowest BCUT2D eigenvalue weighted by Gasteiger charge is -2.27. The third-order valence-corrected chi connectivity index (χ3v) is 18.5. The molecule has 0 spiro atoms. The zero-order valence-corrected chi connectivity index (χ0v) is 62.1. The van der Waals surface area contributed by atoms with Crippen LogP contribution in [-0.4, -0.2) is 0 Å². The molecule has 0 bridgehead atoms. The van der Waals surface area contributed by atoms with E-state index in [0.717, 1.165) is 54.6 Å². The first-order valence-electron chi connectivity index (χ1n) is 34.7. The van der Waals surface area contributed by atoms with Crippen LogP contribution in [0.4, 0.5) is 0 Å². The maximum absolute atomic E-state index is 6.08. The zero-order chi connectivity index (χ0) is 69.1. The minimum atomic E-state index is -0.172. The monoisotopic (exact) mass is 1250 g/mol. The van der Waals surface area contributed by atoms with E-state index in [1.807, 2.05) is 42.5 Å². The third-order valence-electron chi connectivity index (χ3n) is 18.5. The Bertz CT molecular complexity index is 3740. The molecular formula is C92H116O2. The molecule has 0 heterocycles. The normalized spacial score (nSPS) is 11.1.